The van der Waals surface area contributed by atoms with Gasteiger partial charge in [0.2, 0.25) is 0 Å². The number of anilines is 1. The summed E-state index contributed by atoms with van der Waals surface area (Å²) in [5.41, 5.74) is 1.57. The minimum Gasteiger partial charge on any atom is -0.462 e. The van der Waals surface area contributed by atoms with Gasteiger partial charge in [-0.2, -0.15) is 0 Å². The van der Waals surface area contributed by atoms with Crippen LogP contribution in [-0.2, 0) is 17.6 Å². The number of carbonyl (C=O) groups is 2. The minimum absolute atomic E-state index is 0.121. The van der Waals surface area contributed by atoms with Crippen molar-refractivity contribution in [1.82, 2.24) is 5.32 Å². The topological polar surface area (TPSA) is 67.4 Å². The Balaban J connectivity index is 1.56. The van der Waals surface area contributed by atoms with Gasteiger partial charge in [-0.1, -0.05) is 36.7 Å². The summed E-state index contributed by atoms with van der Waals surface area (Å²) in [6.07, 6.45) is 2.78. The highest BCUT2D eigenvalue weighted by molar-refractivity contribution is 7.80. The van der Waals surface area contributed by atoms with Gasteiger partial charge in [0.05, 0.1) is 17.2 Å². The van der Waals surface area contributed by atoms with Gasteiger partial charge in [0.15, 0.2) is 5.11 Å². The van der Waals surface area contributed by atoms with E-state index >= 15 is 0 Å². The largest absolute Gasteiger partial charge is 0.462 e. The molecule has 0 spiro atoms. The van der Waals surface area contributed by atoms with Gasteiger partial charge < -0.3 is 10.1 Å². The summed E-state index contributed by atoms with van der Waals surface area (Å²) >= 11 is 14.6. The summed E-state index contributed by atoms with van der Waals surface area (Å²) in [7, 11) is 0. The van der Waals surface area contributed by atoms with E-state index in [1.165, 1.54) is 27.6 Å². The average Bonchev–Trinajstić information content (AvgIpc) is 3.25. The number of esters is 1. The number of thiophene rings is 2. The minimum atomic E-state index is -0.378. The van der Waals surface area contributed by atoms with Crippen LogP contribution in [0.25, 0.3) is 10.1 Å². The Hall–Kier alpha value is -2.00. The van der Waals surface area contributed by atoms with Crippen molar-refractivity contribution in [3.63, 3.8) is 0 Å². The van der Waals surface area contributed by atoms with E-state index in [4.69, 9.17) is 28.6 Å². The van der Waals surface area contributed by atoms with Crippen LogP contribution in [0.1, 0.15) is 50.7 Å². The fraction of sp³-hybridized carbons (Fsp3) is 0.318. The predicted octanol–water partition coefficient (Wildman–Crippen LogP) is 6.04. The van der Waals surface area contributed by atoms with Crippen molar-refractivity contribution >= 4 is 78.6 Å². The molecule has 9 heteroatoms. The van der Waals surface area contributed by atoms with Crippen LogP contribution >= 0.6 is 46.5 Å². The first kappa shape index (κ1) is 22.2. The highest BCUT2D eigenvalue weighted by Gasteiger charge is 2.29. The van der Waals surface area contributed by atoms with E-state index in [1.54, 1.807) is 6.92 Å². The van der Waals surface area contributed by atoms with Crippen LogP contribution in [-0.4, -0.2) is 23.6 Å². The van der Waals surface area contributed by atoms with Crippen molar-refractivity contribution in [2.24, 2.45) is 5.92 Å². The Labute approximate surface area is 198 Å². The molecule has 0 saturated carbocycles. The molecule has 162 valence electrons. The molecule has 2 heterocycles. The number of nitrogens with one attached hydrogen (secondary N) is 2. The SMILES string of the molecule is CCOC(=O)c1c(NC(=S)NC(=O)c2sc3ccccc3c2Cl)sc2c1CCC(C)C2. The second kappa shape index (κ2) is 9.24. The van der Waals surface area contributed by atoms with Crippen LogP contribution in [0, 0.1) is 5.92 Å². The second-order valence-corrected chi connectivity index (χ2v) is 10.4. The highest BCUT2D eigenvalue weighted by atomic mass is 35.5. The van der Waals surface area contributed by atoms with Gasteiger partial charge in [-0.05, 0) is 56.0 Å². The van der Waals surface area contributed by atoms with E-state index in [1.807, 2.05) is 24.3 Å². The first-order chi connectivity index (χ1) is 14.9. The number of ether oxygens (including phenoxy) is 1. The van der Waals surface area contributed by atoms with Crippen molar-refractivity contribution < 1.29 is 14.3 Å². The monoisotopic (exact) mass is 492 g/mol. The standard InChI is InChI=1S/C22H21ClN2O3S3/c1-3-28-21(27)16-12-9-8-11(2)10-15(12)31-20(16)25-22(29)24-19(26)18-17(23)13-6-4-5-7-14(13)30-18/h4-7,11H,3,8-10H2,1-2H3,(H2,24,25,26,29). The van der Waals surface area contributed by atoms with Crippen LogP contribution in [0.5, 0.6) is 0 Å². The number of benzene rings is 1. The zero-order valence-electron chi connectivity index (χ0n) is 17.0. The number of thiocarbonyl (C=S) groups is 1. The summed E-state index contributed by atoms with van der Waals surface area (Å²) in [5, 5.41) is 7.73. The molecule has 0 bridgehead atoms. The van der Waals surface area contributed by atoms with Crippen LogP contribution in [0.15, 0.2) is 24.3 Å². The molecule has 0 fully saturated rings. The summed E-state index contributed by atoms with van der Waals surface area (Å²) < 4.78 is 6.21. The average molecular weight is 493 g/mol. The molecule has 1 atom stereocenters. The van der Waals surface area contributed by atoms with E-state index < -0.39 is 0 Å². The molecular formula is C22H21ClN2O3S3. The predicted molar refractivity (Wildman–Crippen MR) is 132 cm³/mol. The number of hydrogen-bond donors (Lipinski definition) is 2. The van der Waals surface area contributed by atoms with Crippen LogP contribution in [0.2, 0.25) is 5.02 Å². The lowest BCUT2D eigenvalue weighted by Crippen LogP contribution is -2.34. The molecule has 1 aromatic carbocycles. The van der Waals surface area contributed by atoms with E-state index in [0.717, 1.165) is 34.9 Å². The molecule has 2 N–H and O–H groups in total. The van der Waals surface area contributed by atoms with Crippen LogP contribution < -0.4 is 10.6 Å². The van der Waals surface area contributed by atoms with Gasteiger partial charge in [0, 0.05) is 15.0 Å². The molecule has 2 aromatic heterocycles. The molecule has 3 aromatic rings. The van der Waals surface area contributed by atoms with Crippen LogP contribution in [0.4, 0.5) is 5.00 Å². The molecule has 5 nitrogen and oxygen atoms in total. The van der Waals surface area contributed by atoms with Gasteiger partial charge in [0.1, 0.15) is 9.88 Å². The van der Waals surface area contributed by atoms with Gasteiger partial charge in [-0.15, -0.1) is 22.7 Å². The smallest absolute Gasteiger partial charge is 0.341 e. The van der Waals surface area contributed by atoms with Crippen molar-refractivity contribution in [1.29, 1.82) is 0 Å². The quantitative estimate of drug-likeness (QED) is 0.343. The molecule has 4 rings (SSSR count). The second-order valence-electron chi connectivity index (χ2n) is 7.43. The van der Waals surface area contributed by atoms with Gasteiger partial charge >= 0.3 is 5.97 Å². The number of amides is 1. The lowest BCUT2D eigenvalue weighted by Gasteiger charge is -2.18. The van der Waals surface area contributed by atoms with E-state index in [9.17, 15) is 9.59 Å². The molecule has 1 aliphatic rings. The van der Waals surface area contributed by atoms with Gasteiger partial charge in [-0.3, -0.25) is 10.1 Å². The fourth-order valence-electron chi connectivity index (χ4n) is 3.71. The van der Waals surface area contributed by atoms with Crippen LogP contribution in [0.3, 0.4) is 0 Å². The van der Waals surface area contributed by atoms with Gasteiger partial charge in [0.25, 0.3) is 5.91 Å². The van der Waals surface area contributed by atoms with Crippen molar-refractivity contribution in [3.05, 3.63) is 50.2 Å². The Morgan fingerprint density at radius 3 is 2.81 bits per heavy atom. The third kappa shape index (κ3) is 4.48. The Morgan fingerprint density at radius 2 is 2.06 bits per heavy atom. The summed E-state index contributed by atoms with van der Waals surface area (Å²) in [6.45, 7) is 4.29. The summed E-state index contributed by atoms with van der Waals surface area (Å²) in [6, 6.07) is 7.58. The summed E-state index contributed by atoms with van der Waals surface area (Å²) in [4.78, 5) is 27.0. The van der Waals surface area contributed by atoms with E-state index in [0.29, 0.717) is 33.0 Å². The maximum atomic E-state index is 12.8. The fourth-order valence-corrected chi connectivity index (χ4v) is 6.79. The maximum Gasteiger partial charge on any atom is 0.341 e. The Morgan fingerprint density at radius 1 is 1.29 bits per heavy atom. The molecular weight excluding hydrogens is 472 g/mol. The molecule has 1 unspecified atom stereocenters. The molecule has 0 saturated heterocycles. The van der Waals surface area contributed by atoms with Crippen molar-refractivity contribution in [3.8, 4) is 0 Å². The van der Waals surface area contributed by atoms with Crippen molar-refractivity contribution in [2.45, 2.75) is 33.1 Å². The maximum absolute atomic E-state index is 12.8. The molecule has 0 radical (unpaired) electrons. The number of rotatable bonds is 4. The van der Waals surface area contributed by atoms with Crippen molar-refractivity contribution in [2.75, 3.05) is 11.9 Å². The third-order valence-corrected chi connectivity index (χ3v) is 8.23. The lowest BCUT2D eigenvalue weighted by atomic mass is 9.88. The first-order valence-corrected chi connectivity index (χ1v) is 12.4. The van der Waals surface area contributed by atoms with Gasteiger partial charge in [-0.25, -0.2) is 4.79 Å². The Kier molecular flexibility index (Phi) is 6.62. The third-order valence-electron chi connectivity index (χ3n) is 5.19. The number of hydrogen-bond acceptors (Lipinski definition) is 6. The van der Waals surface area contributed by atoms with E-state index in [-0.39, 0.29) is 17.0 Å². The molecule has 0 aliphatic heterocycles. The number of carbonyl (C=O) groups excluding carboxylic acids is 2. The zero-order chi connectivity index (χ0) is 22.1. The summed E-state index contributed by atoms with van der Waals surface area (Å²) in [5.74, 6) is -0.175. The Bertz CT molecular complexity index is 1180. The first-order valence-electron chi connectivity index (χ1n) is 10.00. The van der Waals surface area contributed by atoms with E-state index in [2.05, 4.69) is 17.6 Å². The molecule has 1 amide bonds. The molecule has 1 aliphatic carbocycles. The number of fused-ring (bicyclic) bond motifs is 2. The zero-order valence-corrected chi connectivity index (χ0v) is 20.2. The lowest BCUT2D eigenvalue weighted by molar-refractivity contribution is 0.0526. The molecule has 31 heavy (non-hydrogen) atoms. The highest BCUT2D eigenvalue weighted by Crippen LogP contribution is 2.40. The number of halogens is 1. The normalized spacial score (nSPS) is 15.4.